The van der Waals surface area contributed by atoms with Gasteiger partial charge in [0.05, 0.1) is 45.6 Å². The maximum absolute atomic E-state index is 16.5. The molecule has 2 aromatic carbocycles. The van der Waals surface area contributed by atoms with Crippen molar-refractivity contribution in [2.45, 2.75) is 44.3 Å². The summed E-state index contributed by atoms with van der Waals surface area (Å²) < 4.78 is 82.4. The van der Waals surface area contributed by atoms with Crippen molar-refractivity contribution in [1.29, 1.82) is 0 Å². The first-order valence-corrected chi connectivity index (χ1v) is 20.1. The number of benzene rings is 2. The van der Waals surface area contributed by atoms with Crippen molar-refractivity contribution >= 4 is 43.0 Å². The van der Waals surface area contributed by atoms with E-state index in [9.17, 15) is 16.8 Å². The van der Waals surface area contributed by atoms with Crippen LogP contribution in [0.4, 0.5) is 16.0 Å². The molecule has 3 aliphatic heterocycles. The van der Waals surface area contributed by atoms with Gasteiger partial charge in [0.1, 0.15) is 5.75 Å². The van der Waals surface area contributed by atoms with Crippen LogP contribution in [-0.4, -0.2) is 74.0 Å². The standard InChI is InChI=1S/C33H35FN6O6S3/c1-33(10-13-46-14-11-33)31-37-29(30(47-31)25-9-12-35-32(36-25)38-28-22-17-48(41,42)18-23(22)28)20-6-4-7-24(27(20)34)39-49(43,44)40-15-19-5-3-8-26(45-2)21(19)16-40/h3-9,12,22-23,28,39H,10-11,13-18H2,1-2H3,(H,35,36,38)/t22-,23+,28-. The molecule has 0 amide bonds. The Morgan fingerprint density at radius 2 is 1.82 bits per heavy atom. The van der Waals surface area contributed by atoms with Crippen LogP contribution in [0, 0.1) is 17.7 Å². The fraction of sp³-hybridized carbons (Fsp3) is 0.424. The summed E-state index contributed by atoms with van der Waals surface area (Å²) >= 11 is 1.43. The van der Waals surface area contributed by atoms with Crippen molar-refractivity contribution in [3.8, 4) is 27.6 Å². The zero-order valence-corrected chi connectivity index (χ0v) is 29.3. The van der Waals surface area contributed by atoms with Gasteiger partial charge in [0, 0.05) is 55.1 Å². The second kappa shape index (κ2) is 12.0. The molecule has 0 spiro atoms. The van der Waals surface area contributed by atoms with Gasteiger partial charge in [-0.1, -0.05) is 25.1 Å². The van der Waals surface area contributed by atoms with E-state index >= 15 is 4.39 Å². The zero-order chi connectivity index (χ0) is 34.1. The second-order valence-corrected chi connectivity index (χ2v) is 18.2. The first-order valence-electron chi connectivity index (χ1n) is 16.1. The van der Waals surface area contributed by atoms with E-state index in [1.807, 2.05) is 12.1 Å². The Bertz CT molecular complexity index is 2150. The summed E-state index contributed by atoms with van der Waals surface area (Å²) in [5.74, 6) is 0.634. The molecule has 1 saturated carbocycles. The van der Waals surface area contributed by atoms with E-state index in [0.717, 1.165) is 29.0 Å². The number of nitrogens with zero attached hydrogens (tertiary/aromatic N) is 4. The molecule has 1 aliphatic carbocycles. The Morgan fingerprint density at radius 1 is 1.06 bits per heavy atom. The van der Waals surface area contributed by atoms with E-state index in [1.165, 1.54) is 28.8 Å². The van der Waals surface area contributed by atoms with Gasteiger partial charge in [0.2, 0.25) is 5.95 Å². The Balaban J connectivity index is 1.12. The van der Waals surface area contributed by atoms with E-state index in [4.69, 9.17) is 19.4 Å². The van der Waals surface area contributed by atoms with Gasteiger partial charge in [0.15, 0.2) is 15.7 Å². The lowest BCUT2D eigenvalue weighted by atomic mass is 9.83. The van der Waals surface area contributed by atoms with Crippen molar-refractivity contribution in [3.05, 3.63) is 70.6 Å². The first kappa shape index (κ1) is 32.5. The average molecular weight is 727 g/mol. The minimum absolute atomic E-state index is 0.0111. The summed E-state index contributed by atoms with van der Waals surface area (Å²) in [5, 5.41) is 4.12. The second-order valence-electron chi connectivity index (χ2n) is 13.4. The highest BCUT2D eigenvalue weighted by Crippen LogP contribution is 2.49. The molecule has 16 heteroatoms. The van der Waals surface area contributed by atoms with Crippen molar-refractivity contribution in [1.82, 2.24) is 19.3 Å². The maximum Gasteiger partial charge on any atom is 0.302 e. The highest BCUT2D eigenvalue weighted by Gasteiger charge is 2.59. The van der Waals surface area contributed by atoms with E-state index in [2.05, 4.69) is 21.9 Å². The third-order valence-corrected chi connectivity index (χ3v) is 14.7. The number of thiazole rings is 1. The lowest BCUT2D eigenvalue weighted by Gasteiger charge is -2.31. The van der Waals surface area contributed by atoms with Crippen LogP contribution < -0.4 is 14.8 Å². The topological polar surface area (TPSA) is 153 Å². The Labute approximate surface area is 288 Å². The van der Waals surface area contributed by atoms with E-state index in [0.29, 0.717) is 41.2 Å². The molecule has 0 unspecified atom stereocenters. The maximum atomic E-state index is 16.5. The molecule has 12 nitrogen and oxygen atoms in total. The minimum Gasteiger partial charge on any atom is -0.496 e. The number of hydrogen-bond donors (Lipinski definition) is 2. The van der Waals surface area contributed by atoms with Crippen molar-refractivity contribution in [2.75, 3.05) is 41.9 Å². The Kier molecular flexibility index (Phi) is 7.94. The van der Waals surface area contributed by atoms with Gasteiger partial charge in [-0.3, -0.25) is 4.72 Å². The van der Waals surface area contributed by atoms with E-state index < -0.39 is 25.9 Å². The largest absolute Gasteiger partial charge is 0.496 e. The summed E-state index contributed by atoms with van der Waals surface area (Å²) in [7, 11) is -5.60. The number of hydrogen-bond acceptors (Lipinski definition) is 11. The van der Waals surface area contributed by atoms with Crippen LogP contribution in [-0.2, 0) is 43.3 Å². The lowest BCUT2D eigenvalue weighted by molar-refractivity contribution is 0.0564. The number of sulfone groups is 1. The number of fused-ring (bicyclic) bond motifs is 2. The van der Waals surface area contributed by atoms with Crippen LogP contribution in [0.15, 0.2) is 48.7 Å². The summed E-state index contributed by atoms with van der Waals surface area (Å²) in [6.45, 7) is 3.52. The van der Waals surface area contributed by atoms with Crippen molar-refractivity contribution in [3.63, 3.8) is 0 Å². The number of ether oxygens (including phenoxy) is 2. The fourth-order valence-electron chi connectivity index (χ4n) is 7.16. The molecule has 8 rings (SSSR count). The third-order valence-electron chi connectivity index (χ3n) is 10.1. The molecule has 4 aromatic rings. The predicted octanol–water partition coefficient (Wildman–Crippen LogP) is 4.61. The smallest absolute Gasteiger partial charge is 0.302 e. The predicted molar refractivity (Wildman–Crippen MR) is 184 cm³/mol. The number of anilines is 2. The molecule has 2 aromatic heterocycles. The van der Waals surface area contributed by atoms with Crippen LogP contribution in [0.3, 0.4) is 0 Å². The van der Waals surface area contributed by atoms with Crippen LogP contribution in [0.2, 0.25) is 0 Å². The minimum atomic E-state index is -4.15. The molecule has 2 N–H and O–H groups in total. The zero-order valence-electron chi connectivity index (χ0n) is 26.8. The van der Waals surface area contributed by atoms with E-state index in [-0.39, 0.29) is 59.1 Å². The number of methoxy groups -OCH3 is 1. The van der Waals surface area contributed by atoms with Crippen molar-refractivity contribution in [2.24, 2.45) is 11.8 Å². The van der Waals surface area contributed by atoms with Gasteiger partial charge >= 0.3 is 10.2 Å². The summed E-state index contributed by atoms with van der Waals surface area (Å²) in [6.07, 6.45) is 3.10. The van der Waals surface area contributed by atoms with Crippen LogP contribution >= 0.6 is 11.3 Å². The molecule has 3 fully saturated rings. The number of nitrogens with one attached hydrogen (secondary N) is 2. The molecule has 4 aliphatic rings. The Morgan fingerprint density at radius 3 is 2.57 bits per heavy atom. The van der Waals surface area contributed by atoms with Crippen LogP contribution in [0.5, 0.6) is 5.75 Å². The van der Waals surface area contributed by atoms with Gasteiger partial charge in [0.25, 0.3) is 0 Å². The molecule has 2 saturated heterocycles. The molecule has 258 valence electrons. The van der Waals surface area contributed by atoms with Gasteiger partial charge in [-0.15, -0.1) is 11.3 Å². The average Bonchev–Trinajstić information content (AvgIpc) is 3.52. The SMILES string of the molecule is COc1cccc2c1CN(S(=O)(=O)Nc1cccc(-c3nc(C4(C)CCOCC4)sc3-c3ccnc(N[C@@H]4[C@@H]5CS(=O)(=O)C[C@@H]54)n3)c1F)C2. The fourth-order valence-corrected chi connectivity index (χ4v) is 11.8. The summed E-state index contributed by atoms with van der Waals surface area (Å²) in [5.41, 5.74) is 2.12. The quantitative estimate of drug-likeness (QED) is 0.250. The van der Waals surface area contributed by atoms with Gasteiger partial charge in [-0.05, 0) is 54.5 Å². The molecular weight excluding hydrogens is 692 g/mol. The molecule has 0 radical (unpaired) electrons. The molecule has 49 heavy (non-hydrogen) atoms. The van der Waals surface area contributed by atoms with Crippen LogP contribution in [0.25, 0.3) is 21.8 Å². The number of aromatic nitrogens is 3. The molecule has 0 bridgehead atoms. The number of halogens is 1. The van der Waals surface area contributed by atoms with E-state index in [1.54, 1.807) is 30.5 Å². The molecule has 5 heterocycles. The summed E-state index contributed by atoms with van der Waals surface area (Å²) in [4.78, 5) is 14.8. The van der Waals surface area contributed by atoms with Gasteiger partial charge in [-0.2, -0.15) is 12.7 Å². The lowest BCUT2D eigenvalue weighted by Crippen LogP contribution is -2.32. The highest BCUT2D eigenvalue weighted by atomic mass is 32.2. The van der Waals surface area contributed by atoms with Crippen LogP contribution in [0.1, 0.15) is 35.9 Å². The highest BCUT2D eigenvalue weighted by molar-refractivity contribution is 7.91. The van der Waals surface area contributed by atoms with Crippen molar-refractivity contribution < 1.29 is 30.7 Å². The number of rotatable bonds is 9. The van der Waals surface area contributed by atoms with Gasteiger partial charge in [-0.25, -0.2) is 27.8 Å². The summed E-state index contributed by atoms with van der Waals surface area (Å²) in [6, 6.07) is 11.8. The first-order chi connectivity index (χ1) is 23.4. The Hall–Kier alpha value is -3.70. The molecule has 3 atom stereocenters. The third kappa shape index (κ3) is 5.96. The normalized spacial score (nSPS) is 23.9. The monoisotopic (exact) mass is 726 g/mol. The molecular formula is C33H35FN6O6S3. The van der Waals surface area contributed by atoms with Gasteiger partial charge < -0.3 is 14.8 Å².